The summed E-state index contributed by atoms with van der Waals surface area (Å²) in [5, 5.41) is 7.39. The third-order valence-electron chi connectivity index (χ3n) is 13.3. The highest BCUT2D eigenvalue weighted by Crippen LogP contribution is 2.54. The van der Waals surface area contributed by atoms with Gasteiger partial charge in [-0.1, -0.05) is 107 Å². The Bertz CT molecular complexity index is 3580. The zero-order chi connectivity index (χ0) is 43.1. The van der Waals surface area contributed by atoms with Crippen molar-refractivity contribution in [2.75, 3.05) is 4.90 Å². The average Bonchev–Trinajstić information content (AvgIpc) is 3.91. The van der Waals surface area contributed by atoms with Crippen LogP contribution in [0.5, 0.6) is 0 Å². The van der Waals surface area contributed by atoms with Crippen LogP contribution in [0, 0.1) is 13.8 Å². The molecule has 3 aromatic heterocycles. The number of benzene rings is 8. The van der Waals surface area contributed by atoms with Crippen molar-refractivity contribution >= 4 is 94.4 Å². The van der Waals surface area contributed by atoms with Gasteiger partial charge >= 0.3 is 0 Å². The van der Waals surface area contributed by atoms with Crippen molar-refractivity contribution < 1.29 is 4.42 Å². The lowest BCUT2D eigenvalue weighted by Crippen LogP contribution is -2.15. The summed E-state index contributed by atoms with van der Waals surface area (Å²) in [6.07, 6.45) is 0. The molecule has 0 spiro atoms. The van der Waals surface area contributed by atoms with Gasteiger partial charge < -0.3 is 18.5 Å². The molecular weight excluding hydrogens is 787 g/mol. The lowest BCUT2D eigenvalue weighted by molar-refractivity contribution is 0.590. The Balaban J connectivity index is 1.08. The quantitative estimate of drug-likeness (QED) is 0.177. The molecule has 0 bridgehead atoms. The van der Waals surface area contributed by atoms with Gasteiger partial charge in [0.2, 0.25) is 0 Å². The summed E-state index contributed by atoms with van der Waals surface area (Å²) in [6, 6.07) is 56.9. The van der Waals surface area contributed by atoms with Crippen LogP contribution in [0.25, 0.3) is 76.9 Å². The molecule has 8 aromatic carbocycles. The van der Waals surface area contributed by atoms with Gasteiger partial charge in [0, 0.05) is 59.2 Å². The van der Waals surface area contributed by atoms with E-state index in [4.69, 9.17) is 4.42 Å². The Labute approximate surface area is 372 Å². The lowest BCUT2D eigenvalue weighted by atomic mass is 9.85. The predicted octanol–water partition coefficient (Wildman–Crippen LogP) is 16.9. The molecule has 0 saturated heterocycles. The molecule has 0 radical (unpaired) electrons. The van der Waals surface area contributed by atoms with E-state index in [1.54, 1.807) is 0 Å². The number of aromatic nitrogens is 2. The second kappa shape index (κ2) is 13.4. The van der Waals surface area contributed by atoms with Gasteiger partial charge in [-0.2, -0.15) is 0 Å². The molecule has 0 amide bonds. The molecular formula is C58H49N3OS. The van der Waals surface area contributed by atoms with Crippen LogP contribution >= 0.6 is 11.8 Å². The first-order valence-electron chi connectivity index (χ1n) is 22.1. The molecule has 11 aromatic rings. The van der Waals surface area contributed by atoms with Crippen LogP contribution in [0.1, 0.15) is 63.8 Å². The molecule has 0 N–H and O–H groups in total. The Kier molecular flexibility index (Phi) is 8.09. The van der Waals surface area contributed by atoms with Gasteiger partial charge in [-0.15, -0.1) is 0 Å². The minimum absolute atomic E-state index is 0.0330. The van der Waals surface area contributed by atoms with E-state index in [9.17, 15) is 0 Å². The molecule has 0 saturated carbocycles. The second-order valence-electron chi connectivity index (χ2n) is 19.7. The molecule has 1 aliphatic heterocycles. The minimum atomic E-state index is 0.0330. The zero-order valence-corrected chi connectivity index (χ0v) is 37.9. The van der Waals surface area contributed by atoms with Crippen LogP contribution < -0.4 is 4.90 Å². The summed E-state index contributed by atoms with van der Waals surface area (Å²) in [4.78, 5) is 4.86. The van der Waals surface area contributed by atoms with Crippen molar-refractivity contribution in [3.8, 4) is 11.4 Å². The molecule has 4 nitrogen and oxygen atoms in total. The molecule has 0 atom stereocenters. The Morgan fingerprint density at radius 1 is 0.397 bits per heavy atom. The molecule has 308 valence electrons. The van der Waals surface area contributed by atoms with Crippen molar-refractivity contribution in [1.82, 2.24) is 9.13 Å². The topological polar surface area (TPSA) is 26.2 Å². The second-order valence-corrected chi connectivity index (χ2v) is 20.8. The summed E-state index contributed by atoms with van der Waals surface area (Å²) in [6.45, 7) is 18.2. The van der Waals surface area contributed by atoms with E-state index in [0.29, 0.717) is 0 Å². The minimum Gasteiger partial charge on any atom is -0.456 e. The summed E-state index contributed by atoms with van der Waals surface area (Å²) in [5.41, 5.74) is 17.7. The van der Waals surface area contributed by atoms with Crippen LogP contribution in [0.3, 0.4) is 0 Å². The Hall–Kier alpha value is -6.69. The highest BCUT2D eigenvalue weighted by Gasteiger charge is 2.29. The molecule has 0 fully saturated rings. The first kappa shape index (κ1) is 38.0. The third-order valence-corrected chi connectivity index (χ3v) is 14.4. The maximum Gasteiger partial charge on any atom is 0.135 e. The van der Waals surface area contributed by atoms with Crippen molar-refractivity contribution in [1.29, 1.82) is 0 Å². The van der Waals surface area contributed by atoms with E-state index in [2.05, 4.69) is 215 Å². The van der Waals surface area contributed by atoms with Crippen LogP contribution in [0.15, 0.2) is 166 Å². The number of nitrogens with zero attached hydrogens (tertiary/aromatic N) is 3. The van der Waals surface area contributed by atoms with Crippen molar-refractivity contribution in [2.24, 2.45) is 0 Å². The summed E-state index contributed by atoms with van der Waals surface area (Å²) in [7, 11) is 0. The number of para-hydroxylation sites is 1. The normalized spacial score (nSPS) is 13.3. The number of fused-ring (bicyclic) bond motifs is 11. The largest absolute Gasteiger partial charge is 0.456 e. The van der Waals surface area contributed by atoms with Gasteiger partial charge in [-0.05, 0) is 145 Å². The first-order chi connectivity index (χ1) is 30.3. The summed E-state index contributed by atoms with van der Waals surface area (Å²) >= 11 is 1.86. The number of anilines is 3. The van der Waals surface area contributed by atoms with Crippen LogP contribution in [0.4, 0.5) is 17.1 Å². The number of rotatable bonds is 3. The Morgan fingerprint density at radius 3 is 1.38 bits per heavy atom. The molecule has 0 aliphatic carbocycles. The number of furan rings is 1. The Morgan fingerprint density at radius 2 is 0.857 bits per heavy atom. The van der Waals surface area contributed by atoms with E-state index in [1.807, 2.05) is 17.8 Å². The molecule has 12 rings (SSSR count). The van der Waals surface area contributed by atoms with Gasteiger partial charge in [0.15, 0.2) is 0 Å². The molecule has 1 aliphatic rings. The van der Waals surface area contributed by atoms with Crippen LogP contribution in [-0.2, 0) is 10.8 Å². The summed E-state index contributed by atoms with van der Waals surface area (Å²) in [5.74, 6) is 0. The van der Waals surface area contributed by atoms with E-state index in [-0.39, 0.29) is 10.8 Å². The monoisotopic (exact) mass is 835 g/mol. The van der Waals surface area contributed by atoms with Crippen molar-refractivity contribution in [2.45, 2.75) is 76.0 Å². The first-order valence-corrected chi connectivity index (χ1v) is 22.9. The van der Waals surface area contributed by atoms with Gasteiger partial charge in [-0.25, -0.2) is 0 Å². The standard InChI is InChI=1S/C58H49N3OS/c1-34-13-20-47-42(27-34)43-28-35(2)14-21-48(43)59(47)39-17-24-51-55(32-39)63-56-33-40(18-25-52(56)61(51)38-19-26-54-46(31-38)41-11-9-10-12-53(41)62-54)60-49-22-15-36(57(3,4)5)29-44(49)45-30-37(58(6,7)8)16-23-50(45)60/h9-33H,1-8H3. The van der Waals surface area contributed by atoms with Crippen LogP contribution in [-0.4, -0.2) is 9.13 Å². The molecule has 63 heavy (non-hydrogen) atoms. The fraction of sp³-hybridized carbons (Fsp3) is 0.172. The van der Waals surface area contributed by atoms with Gasteiger partial charge in [0.25, 0.3) is 0 Å². The highest BCUT2D eigenvalue weighted by molar-refractivity contribution is 7.99. The van der Waals surface area contributed by atoms with Gasteiger partial charge in [0.1, 0.15) is 11.2 Å². The molecule has 0 unspecified atom stereocenters. The smallest absolute Gasteiger partial charge is 0.135 e. The zero-order valence-electron chi connectivity index (χ0n) is 37.1. The maximum atomic E-state index is 6.33. The van der Waals surface area contributed by atoms with E-state index < -0.39 is 0 Å². The summed E-state index contributed by atoms with van der Waals surface area (Å²) < 4.78 is 11.2. The van der Waals surface area contributed by atoms with Crippen molar-refractivity contribution in [3.05, 3.63) is 174 Å². The highest BCUT2D eigenvalue weighted by atomic mass is 32.2. The van der Waals surface area contributed by atoms with Gasteiger partial charge in [0.05, 0.1) is 33.4 Å². The van der Waals surface area contributed by atoms with E-state index in [1.165, 1.54) is 75.7 Å². The maximum absolute atomic E-state index is 6.33. The SMILES string of the molecule is Cc1ccc2c(c1)c1cc(C)ccc1n2-c1ccc2c(c1)Sc1cc(-n3c4ccc(C(C)(C)C)cc4c4cc(C(C)(C)C)ccc43)ccc1N2c1ccc2oc3ccccc3c2c1. The fourth-order valence-electron chi connectivity index (χ4n) is 9.96. The van der Waals surface area contributed by atoms with Crippen LogP contribution in [0.2, 0.25) is 0 Å². The molecule has 5 heteroatoms. The predicted molar refractivity (Wildman–Crippen MR) is 268 cm³/mol. The number of hydrogen-bond donors (Lipinski definition) is 0. The van der Waals surface area contributed by atoms with E-state index >= 15 is 0 Å². The fourth-order valence-corrected chi connectivity index (χ4v) is 11.1. The number of aryl methyl sites for hydroxylation is 2. The van der Waals surface area contributed by atoms with Gasteiger partial charge in [-0.3, -0.25) is 0 Å². The average molecular weight is 836 g/mol. The third kappa shape index (κ3) is 5.89. The van der Waals surface area contributed by atoms with Crippen molar-refractivity contribution in [3.63, 3.8) is 0 Å². The number of hydrogen-bond acceptors (Lipinski definition) is 3. The lowest BCUT2D eigenvalue weighted by Gasteiger charge is -2.33. The molecule has 4 heterocycles. The van der Waals surface area contributed by atoms with E-state index in [0.717, 1.165) is 50.4 Å².